The summed E-state index contributed by atoms with van der Waals surface area (Å²) in [4.78, 5) is 34.5. The normalized spacial score (nSPS) is 13.3. The van der Waals surface area contributed by atoms with Gasteiger partial charge in [0.25, 0.3) is 0 Å². The van der Waals surface area contributed by atoms with Crippen LogP contribution in [-0.4, -0.2) is 35.6 Å². The topological polar surface area (TPSA) is 92.7 Å². The van der Waals surface area contributed by atoms with Crippen molar-refractivity contribution >= 4 is 17.8 Å². The average Bonchev–Trinajstić information content (AvgIpc) is 2.44. The van der Waals surface area contributed by atoms with E-state index in [0.29, 0.717) is 6.42 Å². The lowest BCUT2D eigenvalue weighted by Crippen LogP contribution is -2.43. The number of amides is 1. The van der Waals surface area contributed by atoms with Gasteiger partial charge in [-0.3, -0.25) is 9.59 Å². The second-order valence-electron chi connectivity index (χ2n) is 4.99. The summed E-state index contributed by atoms with van der Waals surface area (Å²) in [6.45, 7) is 5.91. The molecular formula is C15H27NO5. The summed E-state index contributed by atoms with van der Waals surface area (Å²) in [5.41, 5.74) is 0. The van der Waals surface area contributed by atoms with Crippen molar-refractivity contribution in [2.24, 2.45) is 5.92 Å². The fourth-order valence-electron chi connectivity index (χ4n) is 2.01. The number of aliphatic carboxylic acids is 1. The number of carbonyl (C=O) groups excluding carboxylic acids is 2. The minimum absolute atomic E-state index is 0.0170. The Balaban J connectivity index is 4.44. The molecule has 6 nitrogen and oxygen atoms in total. The maximum absolute atomic E-state index is 12.1. The van der Waals surface area contributed by atoms with E-state index in [1.165, 1.54) is 0 Å². The van der Waals surface area contributed by atoms with Gasteiger partial charge in [0, 0.05) is 12.3 Å². The maximum atomic E-state index is 12.1. The largest absolute Gasteiger partial charge is 0.480 e. The molecular weight excluding hydrogens is 274 g/mol. The Morgan fingerprint density at radius 3 is 2.29 bits per heavy atom. The average molecular weight is 301 g/mol. The van der Waals surface area contributed by atoms with Gasteiger partial charge in [-0.15, -0.1) is 0 Å². The summed E-state index contributed by atoms with van der Waals surface area (Å²) in [5, 5.41) is 11.7. The van der Waals surface area contributed by atoms with Crippen molar-refractivity contribution < 1.29 is 24.2 Å². The first-order chi connectivity index (χ1) is 9.96. The molecule has 1 amide bonds. The van der Waals surface area contributed by atoms with Crippen molar-refractivity contribution in [2.45, 2.75) is 65.3 Å². The molecule has 21 heavy (non-hydrogen) atoms. The van der Waals surface area contributed by atoms with E-state index >= 15 is 0 Å². The van der Waals surface area contributed by atoms with Crippen LogP contribution in [-0.2, 0) is 19.1 Å². The minimum atomic E-state index is -1.13. The van der Waals surface area contributed by atoms with Gasteiger partial charge in [0.1, 0.15) is 6.04 Å². The van der Waals surface area contributed by atoms with E-state index in [9.17, 15) is 14.4 Å². The van der Waals surface area contributed by atoms with Crippen LogP contribution in [0.4, 0.5) is 0 Å². The number of esters is 1. The molecule has 0 aliphatic carbocycles. The van der Waals surface area contributed by atoms with Gasteiger partial charge < -0.3 is 15.2 Å². The summed E-state index contributed by atoms with van der Waals surface area (Å²) in [6.07, 6.45) is 3.39. The molecule has 0 aromatic rings. The van der Waals surface area contributed by atoms with Gasteiger partial charge in [-0.05, 0) is 26.2 Å². The molecule has 0 spiro atoms. The van der Waals surface area contributed by atoms with E-state index in [-0.39, 0.29) is 31.3 Å². The van der Waals surface area contributed by atoms with Gasteiger partial charge in [-0.25, -0.2) is 4.79 Å². The highest BCUT2D eigenvalue weighted by atomic mass is 16.5. The van der Waals surface area contributed by atoms with E-state index in [2.05, 4.69) is 5.32 Å². The summed E-state index contributed by atoms with van der Waals surface area (Å²) in [5.74, 6) is -1.99. The fraction of sp³-hybridized carbons (Fsp3) is 0.800. The van der Waals surface area contributed by atoms with Gasteiger partial charge >= 0.3 is 11.9 Å². The van der Waals surface area contributed by atoms with Gasteiger partial charge in [0.05, 0.1) is 6.61 Å². The van der Waals surface area contributed by atoms with Gasteiger partial charge in [0.2, 0.25) is 5.91 Å². The van der Waals surface area contributed by atoms with Crippen molar-refractivity contribution in [1.82, 2.24) is 5.32 Å². The first-order valence-electron chi connectivity index (χ1n) is 7.64. The van der Waals surface area contributed by atoms with Crippen molar-refractivity contribution in [2.75, 3.05) is 6.61 Å². The molecule has 6 heteroatoms. The van der Waals surface area contributed by atoms with E-state index in [4.69, 9.17) is 9.84 Å². The fourth-order valence-corrected chi connectivity index (χ4v) is 2.01. The van der Waals surface area contributed by atoms with Crippen molar-refractivity contribution in [3.63, 3.8) is 0 Å². The molecule has 2 N–H and O–H groups in total. The van der Waals surface area contributed by atoms with Crippen LogP contribution in [0.15, 0.2) is 0 Å². The van der Waals surface area contributed by atoms with Crippen LogP contribution in [0.25, 0.3) is 0 Å². The minimum Gasteiger partial charge on any atom is -0.480 e. The zero-order valence-corrected chi connectivity index (χ0v) is 13.2. The highest BCUT2D eigenvalue weighted by Crippen LogP contribution is 2.13. The zero-order chi connectivity index (χ0) is 16.3. The summed E-state index contributed by atoms with van der Waals surface area (Å²) in [6, 6.07) is -1.04. The zero-order valence-electron chi connectivity index (χ0n) is 13.2. The number of carbonyl (C=O) groups is 3. The molecule has 0 heterocycles. The van der Waals surface area contributed by atoms with Crippen molar-refractivity contribution in [3.05, 3.63) is 0 Å². The standard InChI is InChI=1S/C15H27NO5/c1-4-7-8-11(5-2)14(18)16-12(15(19)20)9-10-13(17)21-6-3/h11-12H,4-10H2,1-3H3,(H,16,18)(H,19,20)/t11?,12-/m0/s1. The number of ether oxygens (including phenoxy) is 1. The maximum Gasteiger partial charge on any atom is 0.326 e. The number of unbranched alkanes of at least 4 members (excludes halogenated alkanes) is 1. The molecule has 122 valence electrons. The molecule has 2 atom stereocenters. The van der Waals surface area contributed by atoms with Gasteiger partial charge in [-0.2, -0.15) is 0 Å². The van der Waals surface area contributed by atoms with Crippen LogP contribution in [0, 0.1) is 5.92 Å². The molecule has 0 aliphatic heterocycles. The highest BCUT2D eigenvalue weighted by Gasteiger charge is 2.24. The third kappa shape index (κ3) is 8.32. The number of hydrogen-bond acceptors (Lipinski definition) is 4. The second-order valence-corrected chi connectivity index (χ2v) is 4.99. The third-order valence-electron chi connectivity index (χ3n) is 3.33. The van der Waals surface area contributed by atoms with Crippen LogP contribution in [0.5, 0.6) is 0 Å². The lowest BCUT2D eigenvalue weighted by atomic mass is 9.97. The first-order valence-corrected chi connectivity index (χ1v) is 7.64. The number of carboxylic acid groups (broad SMARTS) is 1. The lowest BCUT2D eigenvalue weighted by molar-refractivity contribution is -0.145. The van der Waals surface area contributed by atoms with Crippen LogP contribution >= 0.6 is 0 Å². The smallest absolute Gasteiger partial charge is 0.326 e. The Hall–Kier alpha value is -1.59. The Bertz CT molecular complexity index is 343. The van der Waals surface area contributed by atoms with E-state index in [1.54, 1.807) is 6.92 Å². The summed E-state index contributed by atoms with van der Waals surface area (Å²) in [7, 11) is 0. The predicted octanol–water partition coefficient (Wildman–Crippen LogP) is 2.12. The quantitative estimate of drug-likeness (QED) is 0.570. The number of carboxylic acids is 1. The summed E-state index contributed by atoms with van der Waals surface area (Å²) < 4.78 is 4.75. The predicted molar refractivity (Wildman–Crippen MR) is 78.7 cm³/mol. The summed E-state index contributed by atoms with van der Waals surface area (Å²) >= 11 is 0. The molecule has 0 rings (SSSR count). The van der Waals surface area contributed by atoms with Gasteiger partial charge in [0.15, 0.2) is 0 Å². The molecule has 0 bridgehead atoms. The number of hydrogen-bond donors (Lipinski definition) is 2. The van der Waals surface area contributed by atoms with Crippen LogP contribution in [0.2, 0.25) is 0 Å². The van der Waals surface area contributed by atoms with Gasteiger partial charge in [-0.1, -0.05) is 26.7 Å². The van der Waals surface area contributed by atoms with E-state index < -0.39 is 18.0 Å². The molecule has 1 unspecified atom stereocenters. The molecule has 0 saturated carbocycles. The molecule has 0 fully saturated rings. The third-order valence-corrected chi connectivity index (χ3v) is 3.33. The Labute approximate surface area is 126 Å². The van der Waals surface area contributed by atoms with E-state index in [0.717, 1.165) is 19.3 Å². The Morgan fingerprint density at radius 2 is 1.81 bits per heavy atom. The molecule has 0 aromatic heterocycles. The monoisotopic (exact) mass is 301 g/mol. The second kappa shape index (κ2) is 11.1. The molecule has 0 saturated heterocycles. The Morgan fingerprint density at radius 1 is 1.14 bits per heavy atom. The molecule has 0 radical (unpaired) electrons. The Kier molecular flexibility index (Phi) is 10.3. The van der Waals surface area contributed by atoms with Crippen LogP contribution in [0.1, 0.15) is 59.3 Å². The van der Waals surface area contributed by atoms with Crippen molar-refractivity contribution in [3.8, 4) is 0 Å². The lowest BCUT2D eigenvalue weighted by Gasteiger charge is -2.19. The van der Waals surface area contributed by atoms with Crippen LogP contribution < -0.4 is 5.32 Å². The number of rotatable bonds is 11. The van der Waals surface area contributed by atoms with E-state index in [1.807, 2.05) is 13.8 Å². The van der Waals surface area contributed by atoms with Crippen molar-refractivity contribution in [1.29, 1.82) is 0 Å². The highest BCUT2D eigenvalue weighted by molar-refractivity contribution is 5.85. The van der Waals surface area contributed by atoms with Crippen LogP contribution in [0.3, 0.4) is 0 Å². The SMILES string of the molecule is CCCCC(CC)C(=O)N[C@@H](CCC(=O)OCC)C(=O)O. The molecule has 0 aromatic carbocycles. The molecule has 0 aliphatic rings. The first kappa shape index (κ1) is 19.4. The number of nitrogens with one attached hydrogen (secondary N) is 1.